The van der Waals surface area contributed by atoms with Crippen LogP contribution in [0, 0.1) is 6.92 Å². The van der Waals surface area contributed by atoms with E-state index in [2.05, 4.69) is 5.32 Å². The van der Waals surface area contributed by atoms with E-state index in [0.717, 1.165) is 4.88 Å². The molecule has 0 aliphatic rings. The number of carbonyl (C=O) groups excluding carboxylic acids is 2. The van der Waals surface area contributed by atoms with Crippen molar-refractivity contribution in [1.82, 2.24) is 0 Å². The minimum atomic E-state index is -0.513. The zero-order chi connectivity index (χ0) is 16.1. The second-order valence-corrected chi connectivity index (χ2v) is 6.08. The predicted molar refractivity (Wildman–Crippen MR) is 86.0 cm³/mol. The Morgan fingerprint density at radius 1 is 1.27 bits per heavy atom. The van der Waals surface area contributed by atoms with Crippen molar-refractivity contribution in [1.29, 1.82) is 0 Å². The first-order chi connectivity index (χ1) is 10.5. The van der Waals surface area contributed by atoms with Crippen LogP contribution in [0.3, 0.4) is 0 Å². The molecule has 5 nitrogen and oxygen atoms in total. The van der Waals surface area contributed by atoms with Gasteiger partial charge in [-0.25, -0.2) is 4.79 Å². The number of benzene rings is 1. The summed E-state index contributed by atoms with van der Waals surface area (Å²) in [5.41, 5.74) is 0.499. The predicted octanol–water partition coefficient (Wildman–Crippen LogP) is 3.51. The van der Waals surface area contributed by atoms with Crippen LogP contribution in [0.5, 0.6) is 5.75 Å². The third-order valence-corrected chi connectivity index (χ3v) is 3.99. The first kappa shape index (κ1) is 16.3. The van der Waals surface area contributed by atoms with E-state index >= 15 is 0 Å². The van der Waals surface area contributed by atoms with Crippen LogP contribution in [0.2, 0.25) is 5.02 Å². The number of ether oxygens (including phenoxy) is 2. The van der Waals surface area contributed by atoms with Crippen LogP contribution in [0.15, 0.2) is 30.3 Å². The van der Waals surface area contributed by atoms with E-state index in [4.69, 9.17) is 21.1 Å². The second kappa shape index (κ2) is 7.29. The molecular weight excluding hydrogens is 326 g/mol. The molecule has 22 heavy (non-hydrogen) atoms. The molecule has 1 heterocycles. The number of aryl methyl sites for hydroxylation is 1. The van der Waals surface area contributed by atoms with Crippen molar-refractivity contribution in [3.63, 3.8) is 0 Å². The number of hydrogen-bond donors (Lipinski definition) is 1. The van der Waals surface area contributed by atoms with Crippen LogP contribution in [0.25, 0.3) is 0 Å². The van der Waals surface area contributed by atoms with Gasteiger partial charge in [-0.15, -0.1) is 11.3 Å². The van der Waals surface area contributed by atoms with Gasteiger partial charge in [-0.05, 0) is 37.3 Å². The van der Waals surface area contributed by atoms with Gasteiger partial charge in [0.2, 0.25) is 0 Å². The van der Waals surface area contributed by atoms with Crippen LogP contribution in [-0.4, -0.2) is 25.6 Å². The van der Waals surface area contributed by atoms with Crippen molar-refractivity contribution in [2.75, 3.05) is 19.0 Å². The summed E-state index contributed by atoms with van der Waals surface area (Å²) in [7, 11) is 1.51. The first-order valence-electron chi connectivity index (χ1n) is 6.36. The second-order valence-electron chi connectivity index (χ2n) is 4.38. The van der Waals surface area contributed by atoms with E-state index in [0.29, 0.717) is 21.3 Å². The number of thiophene rings is 1. The molecule has 0 saturated heterocycles. The maximum atomic E-state index is 11.8. The summed E-state index contributed by atoms with van der Waals surface area (Å²) >= 11 is 7.28. The van der Waals surface area contributed by atoms with E-state index < -0.39 is 11.9 Å². The Hall–Kier alpha value is -2.05. The first-order valence-corrected chi connectivity index (χ1v) is 7.56. The zero-order valence-electron chi connectivity index (χ0n) is 12.0. The topological polar surface area (TPSA) is 64.6 Å². The van der Waals surface area contributed by atoms with Gasteiger partial charge in [0.1, 0.15) is 10.6 Å². The Balaban J connectivity index is 1.88. The van der Waals surface area contributed by atoms with E-state index in [9.17, 15) is 9.59 Å². The number of methoxy groups -OCH3 is 1. The highest BCUT2D eigenvalue weighted by molar-refractivity contribution is 7.13. The molecule has 0 radical (unpaired) electrons. The highest BCUT2D eigenvalue weighted by atomic mass is 35.5. The number of nitrogens with one attached hydrogen (secondary N) is 1. The number of amides is 1. The van der Waals surface area contributed by atoms with Crippen LogP contribution >= 0.6 is 22.9 Å². The molecule has 0 spiro atoms. The fourth-order valence-corrected chi connectivity index (χ4v) is 2.71. The minimum absolute atomic E-state index is 0.362. The molecule has 1 N–H and O–H groups in total. The summed E-state index contributed by atoms with van der Waals surface area (Å²) < 4.78 is 9.97. The molecule has 116 valence electrons. The summed E-state index contributed by atoms with van der Waals surface area (Å²) in [5, 5.41) is 2.97. The van der Waals surface area contributed by atoms with E-state index in [-0.39, 0.29) is 6.61 Å². The molecule has 0 saturated carbocycles. The molecule has 0 bridgehead atoms. The average Bonchev–Trinajstić information content (AvgIpc) is 2.91. The van der Waals surface area contributed by atoms with Gasteiger partial charge in [0, 0.05) is 10.6 Å². The van der Waals surface area contributed by atoms with Gasteiger partial charge in [-0.2, -0.15) is 0 Å². The van der Waals surface area contributed by atoms with Gasteiger partial charge in [0.05, 0.1) is 12.1 Å². The van der Waals surface area contributed by atoms with Crippen LogP contribution in [0.1, 0.15) is 14.5 Å². The molecule has 0 atom stereocenters. The Morgan fingerprint density at radius 2 is 2.05 bits per heavy atom. The maximum Gasteiger partial charge on any atom is 0.348 e. The van der Waals surface area contributed by atoms with Crippen molar-refractivity contribution >= 4 is 40.5 Å². The lowest BCUT2D eigenvalue weighted by Crippen LogP contribution is -2.20. The van der Waals surface area contributed by atoms with Crippen LogP contribution in [0.4, 0.5) is 5.69 Å². The smallest absolute Gasteiger partial charge is 0.348 e. The lowest BCUT2D eigenvalue weighted by molar-refractivity contribution is -0.119. The van der Waals surface area contributed by atoms with Gasteiger partial charge in [-0.3, -0.25) is 4.79 Å². The number of halogens is 1. The molecule has 2 rings (SSSR count). The summed E-state index contributed by atoms with van der Waals surface area (Å²) in [6.07, 6.45) is 0. The van der Waals surface area contributed by atoms with Gasteiger partial charge in [0.15, 0.2) is 6.61 Å². The number of esters is 1. The minimum Gasteiger partial charge on any atom is -0.495 e. The van der Waals surface area contributed by atoms with Crippen LogP contribution in [-0.2, 0) is 9.53 Å². The molecule has 2 aromatic rings. The van der Waals surface area contributed by atoms with Crippen molar-refractivity contribution in [2.45, 2.75) is 6.92 Å². The van der Waals surface area contributed by atoms with Crippen molar-refractivity contribution in [2.24, 2.45) is 0 Å². The normalized spacial score (nSPS) is 10.1. The molecule has 0 aliphatic heterocycles. The summed E-state index contributed by atoms with van der Waals surface area (Å²) in [5.74, 6) is -0.442. The highest BCUT2D eigenvalue weighted by Crippen LogP contribution is 2.27. The Labute approximate surface area is 136 Å². The van der Waals surface area contributed by atoms with Gasteiger partial charge in [0.25, 0.3) is 5.91 Å². The fraction of sp³-hybridized carbons (Fsp3) is 0.200. The quantitative estimate of drug-likeness (QED) is 0.846. The molecule has 7 heteroatoms. The molecule has 0 unspecified atom stereocenters. The van der Waals surface area contributed by atoms with Gasteiger partial charge >= 0.3 is 5.97 Å². The Bertz CT molecular complexity index is 699. The standard InChI is InChI=1S/C15H14ClNO4S/c1-9-3-6-13(22-9)15(19)21-8-14(18)17-10-4-5-12(20-2)11(16)7-10/h3-7H,8H2,1-2H3,(H,17,18). The van der Waals surface area contributed by atoms with E-state index in [1.165, 1.54) is 18.4 Å². The molecule has 1 aromatic heterocycles. The molecule has 0 aliphatic carbocycles. The largest absolute Gasteiger partial charge is 0.495 e. The van der Waals surface area contributed by atoms with Crippen molar-refractivity contribution in [3.8, 4) is 5.75 Å². The highest BCUT2D eigenvalue weighted by Gasteiger charge is 2.12. The number of carbonyl (C=O) groups is 2. The molecule has 1 amide bonds. The Kier molecular flexibility index (Phi) is 5.41. The molecule has 1 aromatic carbocycles. The average molecular weight is 340 g/mol. The van der Waals surface area contributed by atoms with E-state index in [1.54, 1.807) is 24.3 Å². The SMILES string of the molecule is COc1ccc(NC(=O)COC(=O)c2ccc(C)s2)cc1Cl. The maximum absolute atomic E-state index is 11.8. The summed E-state index contributed by atoms with van der Waals surface area (Å²) in [4.78, 5) is 25.0. The van der Waals surface area contributed by atoms with Crippen molar-refractivity contribution < 1.29 is 19.1 Å². The van der Waals surface area contributed by atoms with Crippen LogP contribution < -0.4 is 10.1 Å². The van der Waals surface area contributed by atoms with Gasteiger partial charge < -0.3 is 14.8 Å². The molecule has 0 fully saturated rings. The number of rotatable bonds is 5. The summed E-state index contributed by atoms with van der Waals surface area (Å²) in [6.45, 7) is 1.53. The lowest BCUT2D eigenvalue weighted by atomic mass is 10.3. The summed E-state index contributed by atoms with van der Waals surface area (Å²) in [6, 6.07) is 8.33. The fourth-order valence-electron chi connectivity index (χ4n) is 1.69. The third kappa shape index (κ3) is 4.22. The van der Waals surface area contributed by atoms with Gasteiger partial charge in [-0.1, -0.05) is 11.6 Å². The van der Waals surface area contributed by atoms with Crippen molar-refractivity contribution in [3.05, 3.63) is 45.1 Å². The van der Waals surface area contributed by atoms with E-state index in [1.807, 2.05) is 13.0 Å². The zero-order valence-corrected chi connectivity index (χ0v) is 13.6. The third-order valence-electron chi connectivity index (χ3n) is 2.71. The lowest BCUT2D eigenvalue weighted by Gasteiger charge is -2.08. The number of anilines is 1. The number of hydrogen-bond acceptors (Lipinski definition) is 5. The monoisotopic (exact) mass is 339 g/mol. The Morgan fingerprint density at radius 3 is 2.64 bits per heavy atom. The molecular formula is C15H14ClNO4S.